The molecular formula is C23H32O2. The van der Waals surface area contributed by atoms with Crippen molar-refractivity contribution < 1.29 is 9.47 Å². The summed E-state index contributed by atoms with van der Waals surface area (Å²) in [5, 5.41) is 0. The van der Waals surface area contributed by atoms with E-state index in [1.165, 1.54) is 16.7 Å². The largest absolute Gasteiger partial charge is 0.493 e. The predicted molar refractivity (Wildman–Crippen MR) is 106 cm³/mol. The molecule has 0 unspecified atom stereocenters. The summed E-state index contributed by atoms with van der Waals surface area (Å²) >= 11 is 0. The van der Waals surface area contributed by atoms with Crippen molar-refractivity contribution in [1.29, 1.82) is 0 Å². The third-order valence-electron chi connectivity index (χ3n) is 4.01. The summed E-state index contributed by atoms with van der Waals surface area (Å²) in [6, 6.07) is 17.1. The summed E-state index contributed by atoms with van der Waals surface area (Å²) in [7, 11) is 0. The van der Waals surface area contributed by atoms with Crippen LogP contribution in [-0.2, 0) is 10.2 Å². The molecule has 0 amide bonds. The summed E-state index contributed by atoms with van der Waals surface area (Å²) in [6.45, 7) is 14.3. The van der Waals surface area contributed by atoms with Crippen molar-refractivity contribution in [3.63, 3.8) is 0 Å². The molecule has 0 aromatic heterocycles. The molecule has 2 heteroatoms. The maximum atomic E-state index is 5.88. The van der Waals surface area contributed by atoms with Gasteiger partial charge in [0.1, 0.15) is 5.75 Å². The average Bonchev–Trinajstić information content (AvgIpc) is 2.53. The zero-order valence-corrected chi connectivity index (χ0v) is 16.6. The second-order valence-corrected chi connectivity index (χ2v) is 8.52. The topological polar surface area (TPSA) is 18.5 Å². The number of benzene rings is 2. The maximum absolute atomic E-state index is 5.88. The predicted octanol–water partition coefficient (Wildman–Crippen LogP) is 6.24. The van der Waals surface area contributed by atoms with Gasteiger partial charge in [-0.15, -0.1) is 0 Å². The number of hydrogen-bond donors (Lipinski definition) is 0. The lowest BCUT2D eigenvalue weighted by Crippen LogP contribution is -2.20. The molecule has 0 N–H and O–H groups in total. The lowest BCUT2D eigenvalue weighted by molar-refractivity contribution is -0.00768. The molecular weight excluding hydrogens is 308 g/mol. The van der Waals surface area contributed by atoms with Crippen molar-refractivity contribution in [2.24, 2.45) is 0 Å². The fourth-order valence-electron chi connectivity index (χ4n) is 2.56. The fraction of sp³-hybridized carbons (Fsp3) is 0.478. The fourth-order valence-corrected chi connectivity index (χ4v) is 2.56. The average molecular weight is 341 g/mol. The van der Waals surface area contributed by atoms with E-state index in [4.69, 9.17) is 9.47 Å². The number of rotatable bonds is 6. The zero-order valence-electron chi connectivity index (χ0n) is 16.6. The van der Waals surface area contributed by atoms with Crippen molar-refractivity contribution in [2.75, 3.05) is 13.2 Å². The quantitative estimate of drug-likeness (QED) is 0.580. The van der Waals surface area contributed by atoms with Crippen LogP contribution in [0.15, 0.2) is 48.5 Å². The minimum absolute atomic E-state index is 0.0842. The van der Waals surface area contributed by atoms with E-state index in [1.54, 1.807) is 0 Å². The third kappa shape index (κ3) is 6.55. The van der Waals surface area contributed by atoms with Crippen molar-refractivity contribution in [3.05, 3.63) is 54.1 Å². The van der Waals surface area contributed by atoms with Crippen LogP contribution in [0.3, 0.4) is 0 Å². The van der Waals surface area contributed by atoms with Crippen LogP contribution in [-0.4, -0.2) is 18.8 Å². The van der Waals surface area contributed by atoms with Gasteiger partial charge in [-0.1, -0.05) is 57.2 Å². The Morgan fingerprint density at radius 3 is 2.04 bits per heavy atom. The Bertz CT molecular complexity index is 658. The first-order valence-corrected chi connectivity index (χ1v) is 9.13. The molecule has 0 aliphatic rings. The second-order valence-electron chi connectivity index (χ2n) is 8.52. The van der Waals surface area contributed by atoms with Crippen LogP contribution in [0.5, 0.6) is 5.75 Å². The van der Waals surface area contributed by atoms with Crippen molar-refractivity contribution in [1.82, 2.24) is 0 Å². The normalized spacial score (nSPS) is 12.2. The highest BCUT2D eigenvalue weighted by Gasteiger charge is 2.13. The minimum Gasteiger partial charge on any atom is -0.493 e. The van der Waals surface area contributed by atoms with Gasteiger partial charge in [-0.25, -0.2) is 0 Å². The van der Waals surface area contributed by atoms with Gasteiger partial charge in [0, 0.05) is 6.42 Å². The van der Waals surface area contributed by atoms with Crippen molar-refractivity contribution in [3.8, 4) is 16.9 Å². The van der Waals surface area contributed by atoms with E-state index in [1.807, 2.05) is 12.1 Å². The van der Waals surface area contributed by atoms with Gasteiger partial charge in [0.05, 0.1) is 18.8 Å². The molecule has 0 heterocycles. The zero-order chi connectivity index (χ0) is 18.5. The van der Waals surface area contributed by atoms with E-state index in [0.717, 1.165) is 18.8 Å². The Balaban J connectivity index is 1.94. The van der Waals surface area contributed by atoms with E-state index >= 15 is 0 Å². The SMILES string of the molecule is CC(C)(C)OCCCOc1cccc(-c2ccc(C(C)(C)C)cc2)c1. The standard InChI is InChI=1S/C23H32O2/c1-22(2,3)20-13-11-18(12-14-20)19-9-7-10-21(17-19)24-15-8-16-25-23(4,5)6/h7,9-14,17H,8,15-16H2,1-6H3. The van der Waals surface area contributed by atoms with Crippen LogP contribution in [0.1, 0.15) is 53.5 Å². The highest BCUT2D eigenvalue weighted by Crippen LogP contribution is 2.28. The first-order chi connectivity index (χ1) is 11.6. The molecule has 2 aromatic carbocycles. The minimum atomic E-state index is -0.0842. The van der Waals surface area contributed by atoms with E-state index in [0.29, 0.717) is 6.61 Å². The van der Waals surface area contributed by atoms with E-state index in [-0.39, 0.29) is 11.0 Å². The molecule has 0 saturated heterocycles. The maximum Gasteiger partial charge on any atom is 0.119 e. The number of ether oxygens (including phenoxy) is 2. The summed E-state index contributed by atoms with van der Waals surface area (Å²) in [4.78, 5) is 0. The molecule has 0 fully saturated rings. The van der Waals surface area contributed by atoms with Crippen LogP contribution in [0.25, 0.3) is 11.1 Å². The van der Waals surface area contributed by atoms with Crippen LogP contribution in [0.2, 0.25) is 0 Å². The van der Waals surface area contributed by atoms with Crippen LogP contribution >= 0.6 is 0 Å². The first kappa shape index (κ1) is 19.5. The second kappa shape index (κ2) is 8.05. The molecule has 2 aromatic rings. The Labute approximate surface area is 153 Å². The van der Waals surface area contributed by atoms with Gasteiger partial charge in [-0.3, -0.25) is 0 Å². The molecule has 0 radical (unpaired) electrons. The molecule has 2 nitrogen and oxygen atoms in total. The molecule has 0 atom stereocenters. The molecule has 25 heavy (non-hydrogen) atoms. The van der Waals surface area contributed by atoms with E-state index in [2.05, 4.69) is 77.9 Å². The highest BCUT2D eigenvalue weighted by atomic mass is 16.5. The Morgan fingerprint density at radius 2 is 1.44 bits per heavy atom. The third-order valence-corrected chi connectivity index (χ3v) is 4.01. The smallest absolute Gasteiger partial charge is 0.119 e. The van der Waals surface area contributed by atoms with Crippen LogP contribution in [0.4, 0.5) is 0 Å². The summed E-state index contributed by atoms with van der Waals surface area (Å²) in [5.41, 5.74) is 3.85. The van der Waals surface area contributed by atoms with Crippen molar-refractivity contribution >= 4 is 0 Å². The highest BCUT2D eigenvalue weighted by molar-refractivity contribution is 5.65. The Morgan fingerprint density at radius 1 is 0.760 bits per heavy atom. The number of hydrogen-bond acceptors (Lipinski definition) is 2. The molecule has 0 bridgehead atoms. The summed E-state index contributed by atoms with van der Waals surface area (Å²) in [5.74, 6) is 0.910. The van der Waals surface area contributed by atoms with Gasteiger partial charge in [0.2, 0.25) is 0 Å². The molecule has 0 aliphatic heterocycles. The Hall–Kier alpha value is -1.80. The molecule has 2 rings (SSSR count). The summed E-state index contributed by atoms with van der Waals surface area (Å²) < 4.78 is 11.6. The van der Waals surface area contributed by atoms with Gasteiger partial charge in [0.25, 0.3) is 0 Å². The van der Waals surface area contributed by atoms with E-state index in [9.17, 15) is 0 Å². The van der Waals surface area contributed by atoms with Gasteiger partial charge >= 0.3 is 0 Å². The van der Waals surface area contributed by atoms with Gasteiger partial charge in [-0.05, 0) is 55.0 Å². The van der Waals surface area contributed by atoms with E-state index < -0.39 is 0 Å². The van der Waals surface area contributed by atoms with Crippen LogP contribution < -0.4 is 4.74 Å². The van der Waals surface area contributed by atoms with Crippen LogP contribution in [0, 0.1) is 0 Å². The van der Waals surface area contributed by atoms with Gasteiger partial charge in [-0.2, -0.15) is 0 Å². The molecule has 136 valence electrons. The molecule has 0 saturated carbocycles. The molecule has 0 aliphatic carbocycles. The lowest BCUT2D eigenvalue weighted by atomic mass is 9.86. The van der Waals surface area contributed by atoms with Crippen molar-refractivity contribution in [2.45, 2.75) is 59.0 Å². The Kier molecular flexibility index (Phi) is 6.29. The summed E-state index contributed by atoms with van der Waals surface area (Å²) in [6.07, 6.45) is 0.891. The first-order valence-electron chi connectivity index (χ1n) is 9.13. The molecule has 0 spiro atoms. The van der Waals surface area contributed by atoms with Gasteiger partial charge in [0.15, 0.2) is 0 Å². The van der Waals surface area contributed by atoms with Gasteiger partial charge < -0.3 is 9.47 Å². The monoisotopic (exact) mass is 340 g/mol. The lowest BCUT2D eigenvalue weighted by Gasteiger charge is -2.19.